The average molecular weight is 425 g/mol. The molecule has 0 spiro atoms. The quantitative estimate of drug-likeness (QED) is 0.643. The first-order valence-corrected chi connectivity index (χ1v) is 11.0. The monoisotopic (exact) mass is 424 g/mol. The summed E-state index contributed by atoms with van der Waals surface area (Å²) >= 11 is 0. The van der Waals surface area contributed by atoms with Crippen LogP contribution in [0, 0.1) is 5.92 Å². The van der Waals surface area contributed by atoms with Crippen LogP contribution in [0.2, 0.25) is 0 Å². The minimum absolute atomic E-state index is 0.109. The predicted octanol–water partition coefficient (Wildman–Crippen LogP) is 4.22. The van der Waals surface area contributed by atoms with Crippen LogP contribution in [0.3, 0.4) is 0 Å². The number of benzene rings is 2. The van der Waals surface area contributed by atoms with Crippen molar-refractivity contribution in [2.24, 2.45) is 5.92 Å². The van der Waals surface area contributed by atoms with Gasteiger partial charge >= 0.3 is 5.97 Å². The van der Waals surface area contributed by atoms with E-state index in [1.165, 1.54) is 0 Å². The molecule has 31 heavy (non-hydrogen) atoms. The highest BCUT2D eigenvalue weighted by Gasteiger charge is 2.30. The highest BCUT2D eigenvalue weighted by atomic mass is 16.5. The normalized spacial score (nSPS) is 16.8. The molecule has 2 aromatic rings. The largest absolute Gasteiger partial charge is 0.452 e. The average Bonchev–Trinajstić information content (AvgIpc) is 2.80. The molecular weight excluding hydrogens is 392 g/mol. The Kier molecular flexibility index (Phi) is 8.06. The summed E-state index contributed by atoms with van der Waals surface area (Å²) < 4.78 is 11.0. The van der Waals surface area contributed by atoms with Gasteiger partial charge in [0.2, 0.25) is 0 Å². The van der Waals surface area contributed by atoms with Gasteiger partial charge in [0.05, 0.1) is 19.1 Å². The molecule has 0 saturated carbocycles. The van der Waals surface area contributed by atoms with E-state index in [4.69, 9.17) is 9.47 Å². The Balaban J connectivity index is 1.59. The lowest BCUT2D eigenvalue weighted by molar-refractivity contribution is -0.155. The number of amides is 1. The van der Waals surface area contributed by atoms with Gasteiger partial charge in [0, 0.05) is 24.5 Å². The lowest BCUT2D eigenvalue weighted by Crippen LogP contribution is -2.36. The minimum Gasteiger partial charge on any atom is -0.452 e. The number of nitrogens with one attached hydrogen (secondary N) is 1. The van der Waals surface area contributed by atoms with Crippen molar-refractivity contribution in [2.75, 3.05) is 36.5 Å². The molecule has 1 amide bonds. The molecule has 0 unspecified atom stereocenters. The maximum Gasteiger partial charge on any atom is 0.314 e. The van der Waals surface area contributed by atoms with Gasteiger partial charge < -0.3 is 19.7 Å². The van der Waals surface area contributed by atoms with Crippen LogP contribution in [0.4, 0.5) is 11.4 Å². The first-order valence-electron chi connectivity index (χ1n) is 11.0. The standard InChI is InChI=1S/C25H32N2O4/c1-4-18(2)23(20-8-6-5-7-9-20)25(29)31-19(3)24(28)26-21-10-12-22(13-11-21)27-14-16-30-17-15-27/h5-13,18-19,23H,4,14-17H2,1-3H3,(H,26,28)/t18-,19+,23-/m1/s1. The second-order valence-corrected chi connectivity index (χ2v) is 7.99. The Bertz CT molecular complexity index is 848. The van der Waals surface area contributed by atoms with Crippen molar-refractivity contribution in [3.05, 3.63) is 60.2 Å². The number of ether oxygens (including phenoxy) is 2. The Labute approximate surface area is 184 Å². The summed E-state index contributed by atoms with van der Waals surface area (Å²) in [5, 5.41) is 2.84. The molecule has 0 radical (unpaired) electrons. The van der Waals surface area contributed by atoms with Crippen molar-refractivity contribution >= 4 is 23.3 Å². The van der Waals surface area contributed by atoms with Crippen molar-refractivity contribution in [1.29, 1.82) is 0 Å². The van der Waals surface area contributed by atoms with Gasteiger partial charge in [-0.1, -0.05) is 50.6 Å². The zero-order valence-electron chi connectivity index (χ0n) is 18.5. The molecule has 166 valence electrons. The van der Waals surface area contributed by atoms with E-state index < -0.39 is 12.0 Å². The van der Waals surface area contributed by atoms with Crippen molar-refractivity contribution in [1.82, 2.24) is 0 Å². The molecule has 2 aromatic carbocycles. The van der Waals surface area contributed by atoms with E-state index in [0.29, 0.717) is 5.69 Å². The van der Waals surface area contributed by atoms with E-state index in [1.54, 1.807) is 6.92 Å². The maximum atomic E-state index is 12.9. The van der Waals surface area contributed by atoms with Gasteiger partial charge in [0.1, 0.15) is 0 Å². The molecule has 1 aliphatic rings. The lowest BCUT2D eigenvalue weighted by atomic mass is 9.85. The van der Waals surface area contributed by atoms with Crippen LogP contribution in [0.15, 0.2) is 54.6 Å². The smallest absolute Gasteiger partial charge is 0.314 e. The number of nitrogens with zero attached hydrogens (tertiary/aromatic N) is 1. The molecule has 6 heteroatoms. The summed E-state index contributed by atoms with van der Waals surface area (Å²) in [5.41, 5.74) is 2.68. The molecule has 1 fully saturated rings. The highest BCUT2D eigenvalue weighted by Crippen LogP contribution is 2.29. The third-order valence-electron chi connectivity index (χ3n) is 5.80. The van der Waals surface area contributed by atoms with Crippen LogP contribution in [0.1, 0.15) is 38.7 Å². The number of morpholine rings is 1. The second-order valence-electron chi connectivity index (χ2n) is 7.99. The van der Waals surface area contributed by atoms with E-state index in [0.717, 1.165) is 44.0 Å². The third kappa shape index (κ3) is 6.07. The van der Waals surface area contributed by atoms with Crippen molar-refractivity contribution < 1.29 is 19.1 Å². The van der Waals surface area contributed by atoms with Crippen LogP contribution in [0.25, 0.3) is 0 Å². The molecule has 0 bridgehead atoms. The van der Waals surface area contributed by atoms with E-state index >= 15 is 0 Å². The fourth-order valence-electron chi connectivity index (χ4n) is 3.72. The number of hydrogen-bond donors (Lipinski definition) is 1. The summed E-state index contributed by atoms with van der Waals surface area (Å²) in [7, 11) is 0. The van der Waals surface area contributed by atoms with Crippen molar-refractivity contribution in [2.45, 2.75) is 39.2 Å². The fraction of sp³-hybridized carbons (Fsp3) is 0.440. The highest BCUT2D eigenvalue weighted by molar-refractivity contribution is 5.95. The van der Waals surface area contributed by atoms with Gasteiger partial charge in [0.15, 0.2) is 6.10 Å². The van der Waals surface area contributed by atoms with Crippen LogP contribution >= 0.6 is 0 Å². The van der Waals surface area contributed by atoms with Crippen LogP contribution in [0.5, 0.6) is 0 Å². The Morgan fingerprint density at radius 3 is 2.29 bits per heavy atom. The summed E-state index contributed by atoms with van der Waals surface area (Å²) in [4.78, 5) is 27.8. The Morgan fingerprint density at radius 2 is 1.68 bits per heavy atom. The predicted molar refractivity (Wildman–Crippen MR) is 122 cm³/mol. The zero-order valence-corrected chi connectivity index (χ0v) is 18.5. The summed E-state index contributed by atoms with van der Waals surface area (Å²) in [6.07, 6.45) is -0.0493. The first-order chi connectivity index (χ1) is 15.0. The number of anilines is 2. The van der Waals surface area contributed by atoms with Gasteiger partial charge in [0.25, 0.3) is 5.91 Å². The summed E-state index contributed by atoms with van der Waals surface area (Å²) in [6, 6.07) is 17.3. The topological polar surface area (TPSA) is 67.9 Å². The molecule has 0 aromatic heterocycles. The van der Waals surface area contributed by atoms with Gasteiger partial charge in [-0.15, -0.1) is 0 Å². The van der Waals surface area contributed by atoms with E-state index in [1.807, 2.05) is 68.4 Å². The Hall–Kier alpha value is -2.86. The SMILES string of the molecule is CC[C@@H](C)[C@@H](C(=O)O[C@@H](C)C(=O)Nc1ccc(N2CCOCC2)cc1)c1ccccc1. The second kappa shape index (κ2) is 11.0. The number of esters is 1. The molecule has 1 saturated heterocycles. The molecule has 0 aliphatic carbocycles. The number of hydrogen-bond acceptors (Lipinski definition) is 5. The van der Waals surface area contributed by atoms with Gasteiger partial charge in [-0.05, 0) is 42.7 Å². The number of rotatable bonds is 8. The molecule has 3 atom stereocenters. The van der Waals surface area contributed by atoms with E-state index in [2.05, 4.69) is 10.2 Å². The molecule has 1 aliphatic heterocycles. The first kappa shape index (κ1) is 22.8. The van der Waals surface area contributed by atoms with Gasteiger partial charge in [-0.3, -0.25) is 9.59 Å². The molecule has 3 rings (SSSR count). The van der Waals surface area contributed by atoms with Crippen LogP contribution < -0.4 is 10.2 Å². The minimum atomic E-state index is -0.887. The van der Waals surface area contributed by atoms with Crippen LogP contribution in [-0.2, 0) is 19.1 Å². The number of carbonyl (C=O) groups is 2. The van der Waals surface area contributed by atoms with Crippen molar-refractivity contribution in [3.8, 4) is 0 Å². The number of carbonyl (C=O) groups excluding carboxylic acids is 2. The molecule has 6 nitrogen and oxygen atoms in total. The summed E-state index contributed by atoms with van der Waals surface area (Å²) in [6.45, 7) is 8.84. The molecule has 1 N–H and O–H groups in total. The third-order valence-corrected chi connectivity index (χ3v) is 5.80. The molecular formula is C25H32N2O4. The maximum absolute atomic E-state index is 12.9. The fourth-order valence-corrected chi connectivity index (χ4v) is 3.72. The van der Waals surface area contributed by atoms with Gasteiger partial charge in [-0.25, -0.2) is 0 Å². The Morgan fingerprint density at radius 1 is 1.03 bits per heavy atom. The van der Waals surface area contributed by atoms with Crippen LogP contribution in [-0.4, -0.2) is 44.3 Å². The van der Waals surface area contributed by atoms with Gasteiger partial charge in [-0.2, -0.15) is 0 Å². The van der Waals surface area contributed by atoms with E-state index in [-0.39, 0.29) is 17.8 Å². The zero-order chi connectivity index (χ0) is 22.2. The van der Waals surface area contributed by atoms with Crippen molar-refractivity contribution in [3.63, 3.8) is 0 Å². The molecule has 1 heterocycles. The summed E-state index contributed by atoms with van der Waals surface area (Å²) in [5.74, 6) is -0.999. The van der Waals surface area contributed by atoms with E-state index in [9.17, 15) is 9.59 Å². The lowest BCUT2D eigenvalue weighted by Gasteiger charge is -2.29.